The van der Waals surface area contributed by atoms with Crippen LogP contribution in [0.15, 0.2) is 12.3 Å². The Morgan fingerprint density at radius 2 is 2.20 bits per heavy atom. The van der Waals surface area contributed by atoms with E-state index < -0.39 is 18.5 Å². The second kappa shape index (κ2) is 4.43. The van der Waals surface area contributed by atoms with Crippen molar-refractivity contribution in [3.63, 3.8) is 0 Å². The molecular formula is C7H5ClF3N3O. The molecule has 82 valence electrons. The Kier molecular flexibility index (Phi) is 3.46. The molecular weight excluding hydrogens is 235 g/mol. The molecule has 8 heteroatoms. The lowest BCUT2D eigenvalue weighted by Gasteiger charge is -2.05. The van der Waals surface area contributed by atoms with Crippen LogP contribution < -0.4 is 5.32 Å². The van der Waals surface area contributed by atoms with E-state index in [0.717, 1.165) is 0 Å². The summed E-state index contributed by atoms with van der Waals surface area (Å²) in [6, 6.07) is 1.33. The van der Waals surface area contributed by atoms with Crippen LogP contribution in [0.3, 0.4) is 0 Å². The number of nitrogens with one attached hydrogen (secondary N) is 1. The van der Waals surface area contributed by atoms with Crippen molar-refractivity contribution >= 4 is 23.5 Å². The minimum atomic E-state index is -4.55. The van der Waals surface area contributed by atoms with Crippen LogP contribution in [0.1, 0.15) is 6.42 Å². The number of anilines is 1. The van der Waals surface area contributed by atoms with E-state index >= 15 is 0 Å². The van der Waals surface area contributed by atoms with Crippen LogP contribution >= 0.6 is 11.6 Å². The van der Waals surface area contributed by atoms with Gasteiger partial charge in [0, 0.05) is 6.20 Å². The van der Waals surface area contributed by atoms with Crippen LogP contribution in [0.5, 0.6) is 0 Å². The molecule has 15 heavy (non-hydrogen) atoms. The number of rotatable bonds is 2. The minimum absolute atomic E-state index is 0.0345. The quantitative estimate of drug-likeness (QED) is 0.804. The van der Waals surface area contributed by atoms with Gasteiger partial charge >= 0.3 is 6.18 Å². The van der Waals surface area contributed by atoms with Gasteiger partial charge in [-0.05, 0) is 6.07 Å². The maximum absolute atomic E-state index is 11.8. The standard InChI is InChI=1S/C7H5ClF3N3O/c8-4-1-2-12-6(13-4)14-5(15)3-7(9,10)11/h1-2H,3H2,(H,12,13,14,15). The first-order valence-electron chi connectivity index (χ1n) is 3.72. The van der Waals surface area contributed by atoms with Crippen molar-refractivity contribution in [1.82, 2.24) is 9.97 Å². The number of nitrogens with zero attached hydrogens (tertiary/aromatic N) is 2. The highest BCUT2D eigenvalue weighted by molar-refractivity contribution is 6.29. The average Bonchev–Trinajstić information content (AvgIpc) is 1.99. The minimum Gasteiger partial charge on any atom is -0.294 e. The molecule has 0 aliphatic heterocycles. The molecule has 0 aliphatic carbocycles. The zero-order chi connectivity index (χ0) is 11.5. The summed E-state index contributed by atoms with van der Waals surface area (Å²) in [5.74, 6) is -1.48. The highest BCUT2D eigenvalue weighted by atomic mass is 35.5. The van der Waals surface area contributed by atoms with Crippen LogP contribution in [0.4, 0.5) is 19.1 Å². The van der Waals surface area contributed by atoms with E-state index in [1.54, 1.807) is 0 Å². The number of alkyl halides is 3. The number of hydrogen-bond acceptors (Lipinski definition) is 3. The van der Waals surface area contributed by atoms with Gasteiger partial charge in [0.15, 0.2) is 0 Å². The summed E-state index contributed by atoms with van der Waals surface area (Å²) >= 11 is 5.44. The smallest absolute Gasteiger partial charge is 0.294 e. The van der Waals surface area contributed by atoms with Gasteiger partial charge in [0.25, 0.3) is 0 Å². The number of hydrogen-bond donors (Lipinski definition) is 1. The van der Waals surface area contributed by atoms with Crippen molar-refractivity contribution in [2.45, 2.75) is 12.6 Å². The molecule has 1 aromatic heterocycles. The third-order valence-electron chi connectivity index (χ3n) is 1.23. The lowest BCUT2D eigenvalue weighted by Crippen LogP contribution is -2.22. The topological polar surface area (TPSA) is 54.9 Å². The molecule has 0 unspecified atom stereocenters. The second-order valence-corrected chi connectivity index (χ2v) is 2.93. The van der Waals surface area contributed by atoms with Gasteiger partial charge in [0.1, 0.15) is 11.6 Å². The van der Waals surface area contributed by atoms with Crippen LogP contribution in [0, 0.1) is 0 Å². The molecule has 0 spiro atoms. The van der Waals surface area contributed by atoms with Crippen LogP contribution in [0.25, 0.3) is 0 Å². The summed E-state index contributed by atoms with van der Waals surface area (Å²) in [6.45, 7) is 0. The Hall–Kier alpha value is -1.37. The van der Waals surface area contributed by atoms with Crippen molar-refractivity contribution in [2.24, 2.45) is 0 Å². The maximum atomic E-state index is 11.8. The van der Waals surface area contributed by atoms with E-state index in [1.165, 1.54) is 12.3 Å². The molecule has 0 saturated carbocycles. The second-order valence-electron chi connectivity index (χ2n) is 2.54. The Balaban J connectivity index is 2.59. The van der Waals surface area contributed by atoms with Crippen LogP contribution in [-0.2, 0) is 4.79 Å². The number of carbonyl (C=O) groups is 1. The summed E-state index contributed by atoms with van der Waals surface area (Å²) in [6.07, 6.45) is -4.91. The lowest BCUT2D eigenvalue weighted by molar-refractivity contribution is -0.150. The maximum Gasteiger partial charge on any atom is 0.397 e. The largest absolute Gasteiger partial charge is 0.397 e. The SMILES string of the molecule is O=C(CC(F)(F)F)Nc1nccc(Cl)n1. The average molecular weight is 240 g/mol. The van der Waals surface area contributed by atoms with Gasteiger partial charge < -0.3 is 0 Å². The van der Waals surface area contributed by atoms with E-state index in [1.807, 2.05) is 5.32 Å². The molecule has 1 amide bonds. The summed E-state index contributed by atoms with van der Waals surface area (Å²) in [5.41, 5.74) is 0. The molecule has 1 heterocycles. The molecule has 0 saturated heterocycles. The molecule has 0 fully saturated rings. The summed E-state index contributed by atoms with van der Waals surface area (Å²) in [7, 11) is 0. The molecule has 0 radical (unpaired) electrons. The van der Waals surface area contributed by atoms with Gasteiger partial charge in [-0.3, -0.25) is 10.1 Å². The van der Waals surface area contributed by atoms with Crippen molar-refractivity contribution in [2.75, 3.05) is 5.32 Å². The number of carbonyl (C=O) groups excluding carboxylic acids is 1. The molecule has 0 aliphatic rings. The van der Waals surface area contributed by atoms with Gasteiger partial charge in [0.2, 0.25) is 11.9 Å². The normalized spacial score (nSPS) is 11.2. The zero-order valence-electron chi connectivity index (χ0n) is 7.18. The Labute approximate surface area is 87.5 Å². The first kappa shape index (κ1) is 11.7. The van der Waals surface area contributed by atoms with Crippen LogP contribution in [-0.4, -0.2) is 22.1 Å². The van der Waals surface area contributed by atoms with Crippen molar-refractivity contribution in [3.05, 3.63) is 17.4 Å². The predicted molar refractivity (Wildman–Crippen MR) is 46.3 cm³/mol. The number of aromatic nitrogens is 2. The van der Waals surface area contributed by atoms with E-state index in [4.69, 9.17) is 11.6 Å². The fourth-order valence-corrected chi connectivity index (χ4v) is 0.884. The molecule has 0 aromatic carbocycles. The van der Waals surface area contributed by atoms with Crippen molar-refractivity contribution < 1.29 is 18.0 Å². The first-order valence-corrected chi connectivity index (χ1v) is 4.10. The lowest BCUT2D eigenvalue weighted by atomic mass is 10.4. The first-order chi connectivity index (χ1) is 6.87. The number of amides is 1. The molecule has 1 aromatic rings. The molecule has 1 N–H and O–H groups in total. The highest BCUT2D eigenvalue weighted by Crippen LogP contribution is 2.19. The third-order valence-corrected chi connectivity index (χ3v) is 1.44. The highest BCUT2D eigenvalue weighted by Gasteiger charge is 2.31. The van der Waals surface area contributed by atoms with Crippen LogP contribution in [0.2, 0.25) is 5.15 Å². The zero-order valence-corrected chi connectivity index (χ0v) is 7.93. The fraction of sp³-hybridized carbons (Fsp3) is 0.286. The monoisotopic (exact) mass is 239 g/mol. The van der Waals surface area contributed by atoms with E-state index in [0.29, 0.717) is 0 Å². The molecule has 0 bridgehead atoms. The summed E-state index contributed by atoms with van der Waals surface area (Å²) < 4.78 is 35.3. The molecule has 4 nitrogen and oxygen atoms in total. The van der Waals surface area contributed by atoms with E-state index in [-0.39, 0.29) is 11.1 Å². The van der Waals surface area contributed by atoms with Gasteiger partial charge in [-0.1, -0.05) is 11.6 Å². The van der Waals surface area contributed by atoms with E-state index in [2.05, 4.69) is 9.97 Å². The Morgan fingerprint density at radius 1 is 1.53 bits per heavy atom. The fourth-order valence-electron chi connectivity index (χ4n) is 0.748. The van der Waals surface area contributed by atoms with Gasteiger partial charge in [-0.15, -0.1) is 0 Å². The van der Waals surface area contributed by atoms with Gasteiger partial charge in [-0.25, -0.2) is 9.97 Å². The predicted octanol–water partition coefficient (Wildman–Crippen LogP) is 2.02. The summed E-state index contributed by atoms with van der Waals surface area (Å²) in [4.78, 5) is 17.8. The van der Waals surface area contributed by atoms with Gasteiger partial charge in [-0.2, -0.15) is 13.2 Å². The van der Waals surface area contributed by atoms with Crippen molar-refractivity contribution in [3.8, 4) is 0 Å². The van der Waals surface area contributed by atoms with Crippen molar-refractivity contribution in [1.29, 1.82) is 0 Å². The summed E-state index contributed by atoms with van der Waals surface area (Å²) in [5, 5.41) is 1.91. The number of halogens is 4. The molecule has 1 rings (SSSR count). The van der Waals surface area contributed by atoms with E-state index in [9.17, 15) is 18.0 Å². The van der Waals surface area contributed by atoms with Gasteiger partial charge in [0.05, 0.1) is 0 Å². The third kappa shape index (κ3) is 4.59. The Bertz CT molecular complexity index is 369. The molecule has 0 atom stereocenters. The Morgan fingerprint density at radius 3 is 2.73 bits per heavy atom.